The summed E-state index contributed by atoms with van der Waals surface area (Å²) in [4.78, 5) is 12.8. The first-order chi connectivity index (χ1) is 18.1. The van der Waals surface area contributed by atoms with Crippen LogP contribution in [-0.4, -0.2) is 44.3 Å². The molecule has 1 aromatic carbocycles. The summed E-state index contributed by atoms with van der Waals surface area (Å²) in [7, 11) is 1.59. The zero-order valence-electron chi connectivity index (χ0n) is 24.8. The number of hydrogen-bond donors (Lipinski definition) is 1. The molecule has 1 rings (SSSR count). The van der Waals surface area contributed by atoms with E-state index < -0.39 is 11.7 Å². The van der Waals surface area contributed by atoms with E-state index >= 15 is 0 Å². The van der Waals surface area contributed by atoms with Crippen molar-refractivity contribution >= 4 is 6.09 Å². The van der Waals surface area contributed by atoms with Crippen LogP contribution in [0.3, 0.4) is 0 Å². The van der Waals surface area contributed by atoms with Crippen LogP contribution in [0.1, 0.15) is 79.7 Å². The van der Waals surface area contributed by atoms with Gasteiger partial charge >= 0.3 is 6.09 Å². The van der Waals surface area contributed by atoms with Gasteiger partial charge in [-0.25, -0.2) is 4.79 Å². The quantitative estimate of drug-likeness (QED) is 0.120. The highest BCUT2D eigenvalue weighted by Gasteiger charge is 2.27. The maximum absolute atomic E-state index is 12.8. The summed E-state index contributed by atoms with van der Waals surface area (Å²) in [5.74, 6) is 1.95. The normalized spacial score (nSPS) is 15.2. The Morgan fingerprint density at radius 2 is 1.79 bits per heavy atom. The van der Waals surface area contributed by atoms with Crippen molar-refractivity contribution in [3.63, 3.8) is 0 Å². The van der Waals surface area contributed by atoms with E-state index in [9.17, 15) is 4.79 Å². The molecule has 216 valence electrons. The molecule has 0 radical (unpaired) electrons. The lowest BCUT2D eigenvalue weighted by molar-refractivity contribution is 0.0382. The van der Waals surface area contributed by atoms with E-state index in [0.29, 0.717) is 24.9 Å². The molecular weight excluding hydrogens is 482 g/mol. The van der Waals surface area contributed by atoms with Crippen LogP contribution in [0, 0.1) is 11.8 Å². The van der Waals surface area contributed by atoms with Crippen molar-refractivity contribution in [3.8, 4) is 5.75 Å². The van der Waals surface area contributed by atoms with Crippen molar-refractivity contribution in [2.24, 2.45) is 11.8 Å². The number of benzene rings is 1. The third kappa shape index (κ3) is 15.6. The largest absolute Gasteiger partial charge is 0.498 e. The molecule has 1 amide bonds. The minimum atomic E-state index is -0.602. The highest BCUT2D eigenvalue weighted by Crippen LogP contribution is 2.20. The third-order valence-electron chi connectivity index (χ3n) is 6.00. The van der Waals surface area contributed by atoms with E-state index in [1.54, 1.807) is 19.6 Å². The topological polar surface area (TPSA) is 75.3 Å². The predicted molar refractivity (Wildman–Crippen MR) is 153 cm³/mol. The molecule has 0 saturated carbocycles. The molecule has 0 unspecified atom stereocenters. The van der Waals surface area contributed by atoms with Crippen LogP contribution in [0.15, 0.2) is 48.9 Å². The predicted octanol–water partition coefficient (Wildman–Crippen LogP) is 7.41. The number of ether oxygens (including phenoxy) is 5. The first kappa shape index (κ1) is 33.4. The second-order valence-corrected chi connectivity index (χ2v) is 10.8. The summed E-state index contributed by atoms with van der Waals surface area (Å²) < 4.78 is 27.5. The van der Waals surface area contributed by atoms with Crippen molar-refractivity contribution < 1.29 is 28.5 Å². The van der Waals surface area contributed by atoms with E-state index in [2.05, 4.69) is 38.2 Å². The summed E-state index contributed by atoms with van der Waals surface area (Å²) in [6, 6.07) is 7.43. The number of alkyl carbamates (subject to hydrolysis) is 1. The Bertz CT molecular complexity index is 815. The molecule has 0 spiro atoms. The van der Waals surface area contributed by atoms with Crippen LogP contribution in [0.5, 0.6) is 5.75 Å². The van der Waals surface area contributed by atoms with Crippen molar-refractivity contribution in [1.29, 1.82) is 0 Å². The van der Waals surface area contributed by atoms with E-state index in [1.807, 2.05) is 52.0 Å². The molecule has 0 saturated heterocycles. The molecule has 0 aliphatic heterocycles. The van der Waals surface area contributed by atoms with Gasteiger partial charge in [-0.15, -0.1) is 0 Å². The zero-order valence-corrected chi connectivity index (χ0v) is 24.8. The summed E-state index contributed by atoms with van der Waals surface area (Å²) >= 11 is 0. The van der Waals surface area contributed by atoms with Gasteiger partial charge in [-0.3, -0.25) is 0 Å². The number of nitrogens with one attached hydrogen (secondary N) is 1. The van der Waals surface area contributed by atoms with Crippen LogP contribution in [0.4, 0.5) is 4.79 Å². The molecule has 0 aliphatic rings. The van der Waals surface area contributed by atoms with Crippen LogP contribution in [-0.2, 0) is 25.4 Å². The van der Waals surface area contributed by atoms with Gasteiger partial charge in [0.2, 0.25) is 0 Å². The Morgan fingerprint density at radius 3 is 2.39 bits per heavy atom. The molecule has 38 heavy (non-hydrogen) atoms. The van der Waals surface area contributed by atoms with E-state index in [-0.39, 0.29) is 18.9 Å². The van der Waals surface area contributed by atoms with Crippen LogP contribution in [0.2, 0.25) is 0 Å². The van der Waals surface area contributed by atoms with Crippen molar-refractivity contribution in [3.05, 3.63) is 54.5 Å². The van der Waals surface area contributed by atoms with Gasteiger partial charge in [-0.2, -0.15) is 0 Å². The molecule has 1 N–H and O–H groups in total. The number of rotatable bonds is 18. The van der Waals surface area contributed by atoms with Gasteiger partial charge in [0.25, 0.3) is 0 Å². The molecule has 1 aromatic rings. The second-order valence-electron chi connectivity index (χ2n) is 10.8. The number of carbonyl (C=O) groups is 1. The van der Waals surface area contributed by atoms with Gasteiger partial charge in [0.15, 0.2) is 6.79 Å². The summed E-state index contributed by atoms with van der Waals surface area (Å²) in [6.07, 6.45) is 11.3. The van der Waals surface area contributed by atoms with Gasteiger partial charge in [-0.1, -0.05) is 51.5 Å². The molecular formula is C31H51NO6. The maximum Gasteiger partial charge on any atom is 0.408 e. The lowest BCUT2D eigenvalue weighted by atomic mass is 9.94. The second kappa shape index (κ2) is 18.6. The van der Waals surface area contributed by atoms with Crippen molar-refractivity contribution in [1.82, 2.24) is 5.32 Å². The van der Waals surface area contributed by atoms with Crippen LogP contribution >= 0.6 is 0 Å². The lowest BCUT2D eigenvalue weighted by Gasteiger charge is -2.29. The zero-order chi connectivity index (χ0) is 28.4. The van der Waals surface area contributed by atoms with E-state index in [1.165, 1.54) is 12.8 Å². The Kier molecular flexibility index (Phi) is 16.3. The van der Waals surface area contributed by atoms with Gasteiger partial charge in [0.05, 0.1) is 12.6 Å². The molecule has 0 fully saturated rings. The Balaban J connectivity index is 3.05. The van der Waals surface area contributed by atoms with Gasteiger partial charge in [0.1, 0.15) is 30.0 Å². The number of carbonyl (C=O) groups excluding carboxylic acids is 1. The summed E-state index contributed by atoms with van der Waals surface area (Å²) in [6.45, 7) is 15.0. The highest BCUT2D eigenvalue weighted by atomic mass is 16.7. The molecule has 7 nitrogen and oxygen atoms in total. The molecule has 7 heteroatoms. The molecule has 4 atom stereocenters. The smallest absolute Gasteiger partial charge is 0.408 e. The lowest BCUT2D eigenvalue weighted by Crippen LogP contribution is -2.47. The van der Waals surface area contributed by atoms with Crippen LogP contribution in [0.25, 0.3) is 0 Å². The summed E-state index contributed by atoms with van der Waals surface area (Å²) in [5, 5.41) is 3.06. The minimum Gasteiger partial charge on any atom is -0.498 e. The molecule has 0 aliphatic carbocycles. The van der Waals surface area contributed by atoms with Crippen molar-refractivity contribution in [2.45, 2.75) is 98.3 Å². The van der Waals surface area contributed by atoms with E-state index in [0.717, 1.165) is 24.2 Å². The van der Waals surface area contributed by atoms with Crippen LogP contribution < -0.4 is 10.1 Å². The fourth-order valence-electron chi connectivity index (χ4n) is 3.94. The average molecular weight is 534 g/mol. The fourth-order valence-corrected chi connectivity index (χ4v) is 3.94. The Morgan fingerprint density at radius 1 is 1.08 bits per heavy atom. The molecule has 0 aromatic heterocycles. The maximum atomic E-state index is 12.8. The van der Waals surface area contributed by atoms with Gasteiger partial charge in [-0.05, 0) is 82.9 Å². The van der Waals surface area contributed by atoms with Gasteiger partial charge < -0.3 is 29.0 Å². The number of methoxy groups -OCH3 is 1. The standard InChI is InChI=1S/C31H51NO6/c1-9-24(3)21-25(4)13-11-12-14-29(36-20-19-35-10-2)28(32-30(33)38-31(5,6)7)22-26-15-17-27(18-16-26)37-23-34-8/h11,13,15-20,24-25,28-29H,9-10,12,14,21-23H2,1-8H3,(H,32,33)/b13-11+,20-19+/t24-,25+,28+,29+/m0/s1. The minimum absolute atomic E-state index is 0.188. The third-order valence-corrected chi connectivity index (χ3v) is 6.00. The average Bonchev–Trinajstić information content (AvgIpc) is 2.85. The summed E-state index contributed by atoms with van der Waals surface area (Å²) in [5.41, 5.74) is 0.435. The first-order valence-corrected chi connectivity index (χ1v) is 13.9. The van der Waals surface area contributed by atoms with Gasteiger partial charge in [0, 0.05) is 7.11 Å². The number of allylic oxidation sites excluding steroid dienone is 2. The highest BCUT2D eigenvalue weighted by molar-refractivity contribution is 5.68. The van der Waals surface area contributed by atoms with Crippen molar-refractivity contribution in [2.75, 3.05) is 20.5 Å². The monoisotopic (exact) mass is 533 g/mol. The Hall–Kier alpha value is -2.67. The SMILES string of the molecule is CCO/C=C/O[C@H](CC/C=C/[C@@H](C)C[C@@H](C)CC)[C@@H](Cc1ccc(OCOC)cc1)NC(=O)OC(C)(C)C. The fraction of sp³-hybridized carbons (Fsp3) is 0.645. The Labute approximate surface area is 230 Å². The number of hydrogen-bond acceptors (Lipinski definition) is 6. The van der Waals surface area contributed by atoms with E-state index in [4.69, 9.17) is 23.7 Å². The first-order valence-electron chi connectivity index (χ1n) is 13.9. The molecule has 0 heterocycles. The number of amides is 1. The molecule has 0 bridgehead atoms.